The fraction of sp³-hybridized carbons (Fsp3) is 0.176. The lowest BCUT2D eigenvalue weighted by Gasteiger charge is -2.28. The normalized spacial score (nSPS) is 15.7. The van der Waals surface area contributed by atoms with E-state index in [1.54, 1.807) is 11.3 Å². The van der Waals surface area contributed by atoms with Crippen LogP contribution in [0.15, 0.2) is 102 Å². The molecule has 0 bridgehead atoms. The zero-order valence-corrected chi connectivity index (χ0v) is 22.0. The molecular formula is C34H29NS. The third-order valence-corrected chi connectivity index (χ3v) is 9.23. The van der Waals surface area contributed by atoms with Crippen molar-refractivity contribution in [2.45, 2.75) is 38.5 Å². The Morgan fingerprint density at radius 2 is 0.972 bits per heavy atom. The molecule has 7 rings (SSSR count). The second-order valence-corrected chi connectivity index (χ2v) is 12.0. The molecule has 1 aromatic heterocycles. The number of rotatable bonds is 3. The molecule has 1 heterocycles. The Labute approximate surface area is 217 Å². The molecule has 0 N–H and O–H groups in total. The fourth-order valence-electron chi connectivity index (χ4n) is 6.46. The van der Waals surface area contributed by atoms with E-state index in [0.717, 1.165) is 0 Å². The second-order valence-electron chi connectivity index (χ2n) is 11.1. The maximum absolute atomic E-state index is 2.43. The molecule has 2 heteroatoms. The van der Waals surface area contributed by atoms with Crippen LogP contribution in [0.25, 0.3) is 22.3 Å². The molecule has 176 valence electrons. The number of nitrogens with zero attached hydrogens (tertiary/aromatic N) is 1. The van der Waals surface area contributed by atoms with Crippen LogP contribution in [0, 0.1) is 0 Å². The first-order valence-corrected chi connectivity index (χ1v) is 13.6. The van der Waals surface area contributed by atoms with E-state index in [9.17, 15) is 0 Å². The van der Waals surface area contributed by atoms with E-state index in [-0.39, 0.29) is 10.8 Å². The average molecular weight is 484 g/mol. The molecule has 0 unspecified atom stereocenters. The molecule has 0 atom stereocenters. The molecule has 4 aromatic carbocycles. The Morgan fingerprint density at radius 3 is 1.44 bits per heavy atom. The third kappa shape index (κ3) is 2.88. The summed E-state index contributed by atoms with van der Waals surface area (Å²) >= 11 is 1.79. The van der Waals surface area contributed by atoms with Gasteiger partial charge < -0.3 is 4.90 Å². The maximum Gasteiger partial charge on any atom is 0.0999 e. The van der Waals surface area contributed by atoms with Gasteiger partial charge in [0.25, 0.3) is 0 Å². The Morgan fingerprint density at radius 1 is 0.500 bits per heavy atom. The molecule has 0 fully saturated rings. The summed E-state index contributed by atoms with van der Waals surface area (Å²) in [6, 6.07) is 36.2. The van der Waals surface area contributed by atoms with Crippen molar-refractivity contribution in [3.05, 3.63) is 125 Å². The van der Waals surface area contributed by atoms with Crippen molar-refractivity contribution >= 4 is 27.7 Å². The predicted octanol–water partition coefficient (Wildman–Crippen LogP) is 9.83. The van der Waals surface area contributed by atoms with Crippen LogP contribution in [0.1, 0.15) is 49.9 Å². The highest BCUT2D eigenvalue weighted by molar-refractivity contribution is 7.14. The molecule has 0 amide bonds. The van der Waals surface area contributed by atoms with Gasteiger partial charge in [0.1, 0.15) is 0 Å². The topological polar surface area (TPSA) is 3.24 Å². The summed E-state index contributed by atoms with van der Waals surface area (Å²) in [7, 11) is 0. The number of fused-ring (bicyclic) bond motifs is 6. The van der Waals surface area contributed by atoms with Crippen LogP contribution in [0.4, 0.5) is 16.4 Å². The molecule has 0 saturated heterocycles. The van der Waals surface area contributed by atoms with E-state index < -0.39 is 0 Å². The van der Waals surface area contributed by atoms with Crippen LogP contribution < -0.4 is 4.90 Å². The number of benzene rings is 4. The quantitative estimate of drug-likeness (QED) is 0.247. The highest BCUT2D eigenvalue weighted by Crippen LogP contribution is 2.53. The van der Waals surface area contributed by atoms with Gasteiger partial charge in [-0.05, 0) is 86.3 Å². The van der Waals surface area contributed by atoms with Gasteiger partial charge in [-0.1, -0.05) is 88.4 Å². The smallest absolute Gasteiger partial charge is 0.0999 e. The first kappa shape index (κ1) is 21.6. The molecule has 2 aliphatic carbocycles. The molecule has 1 nitrogen and oxygen atoms in total. The van der Waals surface area contributed by atoms with Gasteiger partial charge in [-0.15, -0.1) is 11.3 Å². The van der Waals surface area contributed by atoms with Gasteiger partial charge in [-0.2, -0.15) is 0 Å². The highest BCUT2D eigenvalue weighted by atomic mass is 32.1. The van der Waals surface area contributed by atoms with Crippen molar-refractivity contribution in [2.24, 2.45) is 0 Å². The lowest BCUT2D eigenvalue weighted by Crippen LogP contribution is -2.17. The van der Waals surface area contributed by atoms with Crippen LogP contribution in [0.5, 0.6) is 0 Å². The maximum atomic E-state index is 2.43. The lowest BCUT2D eigenvalue weighted by molar-refractivity contribution is 0.660. The first-order chi connectivity index (χ1) is 17.4. The lowest BCUT2D eigenvalue weighted by atomic mass is 9.82. The van der Waals surface area contributed by atoms with Crippen molar-refractivity contribution in [3.63, 3.8) is 0 Å². The van der Waals surface area contributed by atoms with Crippen LogP contribution in [0.3, 0.4) is 0 Å². The molecule has 0 aliphatic heterocycles. The Balaban J connectivity index is 1.40. The van der Waals surface area contributed by atoms with Gasteiger partial charge in [0.15, 0.2) is 0 Å². The number of thiophene rings is 1. The van der Waals surface area contributed by atoms with Gasteiger partial charge >= 0.3 is 0 Å². The van der Waals surface area contributed by atoms with Gasteiger partial charge in [-0.3, -0.25) is 0 Å². The monoisotopic (exact) mass is 483 g/mol. The van der Waals surface area contributed by atoms with Crippen molar-refractivity contribution < 1.29 is 0 Å². The minimum atomic E-state index is -0.0232. The SMILES string of the molecule is CC1(C)c2ccccc2-c2ccc(N(c3ccc4c(c3)C(C)(C)c3ccccc3-4)c3cccs3)cc21. The molecule has 2 aliphatic rings. The summed E-state index contributed by atoms with van der Waals surface area (Å²) in [4.78, 5) is 2.43. The van der Waals surface area contributed by atoms with Crippen LogP contribution in [-0.4, -0.2) is 0 Å². The van der Waals surface area contributed by atoms with E-state index >= 15 is 0 Å². The predicted molar refractivity (Wildman–Crippen MR) is 154 cm³/mol. The van der Waals surface area contributed by atoms with E-state index in [1.807, 2.05) is 0 Å². The van der Waals surface area contributed by atoms with Crippen molar-refractivity contribution in [1.82, 2.24) is 0 Å². The summed E-state index contributed by atoms with van der Waals surface area (Å²) < 4.78 is 0. The van der Waals surface area contributed by atoms with E-state index in [4.69, 9.17) is 0 Å². The molecule has 0 spiro atoms. The molecule has 0 radical (unpaired) electrons. The summed E-state index contributed by atoms with van der Waals surface area (Å²) in [6.07, 6.45) is 0. The highest BCUT2D eigenvalue weighted by Gasteiger charge is 2.37. The number of anilines is 3. The molecule has 5 aromatic rings. The largest absolute Gasteiger partial charge is 0.302 e. The van der Waals surface area contributed by atoms with Crippen LogP contribution >= 0.6 is 11.3 Å². The molecular weight excluding hydrogens is 454 g/mol. The number of hydrogen-bond donors (Lipinski definition) is 0. The van der Waals surface area contributed by atoms with Gasteiger partial charge in [-0.25, -0.2) is 0 Å². The Kier molecular flexibility index (Phi) is 4.48. The van der Waals surface area contributed by atoms with Gasteiger partial charge in [0.2, 0.25) is 0 Å². The first-order valence-electron chi connectivity index (χ1n) is 12.7. The summed E-state index contributed by atoms with van der Waals surface area (Å²) in [6.45, 7) is 9.41. The Bertz CT molecular complexity index is 1530. The minimum absolute atomic E-state index is 0.0232. The van der Waals surface area contributed by atoms with E-state index in [0.29, 0.717) is 0 Å². The fourth-order valence-corrected chi connectivity index (χ4v) is 7.23. The molecule has 36 heavy (non-hydrogen) atoms. The van der Waals surface area contributed by atoms with E-state index in [2.05, 4.69) is 135 Å². The van der Waals surface area contributed by atoms with Crippen molar-refractivity contribution in [1.29, 1.82) is 0 Å². The average Bonchev–Trinajstić information content (AvgIpc) is 3.55. The Hall–Kier alpha value is -3.62. The van der Waals surface area contributed by atoms with Gasteiger partial charge in [0.05, 0.1) is 5.00 Å². The molecule has 0 saturated carbocycles. The van der Waals surface area contributed by atoms with Gasteiger partial charge in [0, 0.05) is 22.2 Å². The zero-order chi connectivity index (χ0) is 24.7. The second kappa shape index (κ2) is 7.44. The van der Waals surface area contributed by atoms with Crippen molar-refractivity contribution in [3.8, 4) is 22.3 Å². The summed E-state index contributed by atoms with van der Waals surface area (Å²) in [5.74, 6) is 0. The summed E-state index contributed by atoms with van der Waals surface area (Å²) in [5, 5.41) is 3.40. The summed E-state index contributed by atoms with van der Waals surface area (Å²) in [5.41, 5.74) is 13.5. The third-order valence-electron chi connectivity index (χ3n) is 8.38. The standard InChI is InChI=1S/C34H29NS/c1-33(2)28-12-7-5-10-24(28)26-17-15-22(20-30(26)33)35(32-14-9-19-36-32)23-16-18-27-25-11-6-8-13-29(25)34(3,4)31(27)21-23/h5-21H,1-4H3. The van der Waals surface area contributed by atoms with E-state index in [1.165, 1.54) is 60.9 Å². The van der Waals surface area contributed by atoms with Crippen LogP contribution in [0.2, 0.25) is 0 Å². The zero-order valence-electron chi connectivity index (χ0n) is 21.2. The minimum Gasteiger partial charge on any atom is -0.302 e. The van der Waals surface area contributed by atoms with Crippen LogP contribution in [-0.2, 0) is 10.8 Å². The van der Waals surface area contributed by atoms with Crippen molar-refractivity contribution in [2.75, 3.05) is 4.90 Å². The number of hydrogen-bond acceptors (Lipinski definition) is 2.